The van der Waals surface area contributed by atoms with Crippen LogP contribution >= 0.6 is 0 Å². The van der Waals surface area contributed by atoms with E-state index in [-0.39, 0.29) is 23.3 Å². The number of hydrogen-bond acceptors (Lipinski definition) is 2. The Morgan fingerprint density at radius 2 is 1.85 bits per heavy atom. The van der Waals surface area contributed by atoms with E-state index < -0.39 is 0 Å². The van der Waals surface area contributed by atoms with E-state index in [1.807, 2.05) is 4.90 Å². The molecular weight excluding hydrogens is 252 g/mol. The fraction of sp³-hybridized carbons (Fsp3) is 0.875. The number of nitrogens with zero attached hydrogens (tertiary/aromatic N) is 1. The highest BCUT2D eigenvalue weighted by atomic mass is 16.2. The zero-order valence-electron chi connectivity index (χ0n) is 12.5. The van der Waals surface area contributed by atoms with E-state index in [1.165, 1.54) is 25.7 Å². The van der Waals surface area contributed by atoms with Gasteiger partial charge in [-0.1, -0.05) is 25.7 Å². The van der Waals surface area contributed by atoms with Crippen molar-refractivity contribution in [3.63, 3.8) is 0 Å². The molecule has 1 saturated heterocycles. The summed E-state index contributed by atoms with van der Waals surface area (Å²) in [6.45, 7) is 2.79. The summed E-state index contributed by atoms with van der Waals surface area (Å²) >= 11 is 0. The van der Waals surface area contributed by atoms with Gasteiger partial charge in [0.15, 0.2) is 0 Å². The normalized spacial score (nSPS) is 30.1. The molecule has 3 rings (SSSR count). The molecule has 1 unspecified atom stereocenters. The maximum Gasteiger partial charge on any atom is 0.225 e. The van der Waals surface area contributed by atoms with Crippen LogP contribution in [0.1, 0.15) is 64.7 Å². The van der Waals surface area contributed by atoms with Gasteiger partial charge in [0.1, 0.15) is 0 Å². The fourth-order valence-corrected chi connectivity index (χ4v) is 4.16. The van der Waals surface area contributed by atoms with Crippen molar-refractivity contribution in [2.24, 2.45) is 5.92 Å². The molecule has 2 saturated carbocycles. The molecule has 20 heavy (non-hydrogen) atoms. The Morgan fingerprint density at radius 3 is 2.50 bits per heavy atom. The van der Waals surface area contributed by atoms with Gasteiger partial charge < -0.3 is 10.2 Å². The molecule has 4 heteroatoms. The van der Waals surface area contributed by atoms with Gasteiger partial charge in [-0.15, -0.1) is 0 Å². The van der Waals surface area contributed by atoms with Gasteiger partial charge in [0.25, 0.3) is 0 Å². The van der Waals surface area contributed by atoms with Gasteiger partial charge in [0, 0.05) is 24.5 Å². The average Bonchev–Trinajstić information content (AvgIpc) is 3.09. The van der Waals surface area contributed by atoms with Crippen molar-refractivity contribution in [1.29, 1.82) is 0 Å². The number of nitrogens with one attached hydrogen (secondary N) is 1. The number of rotatable bonds is 3. The minimum absolute atomic E-state index is 0.0269. The van der Waals surface area contributed by atoms with Crippen LogP contribution in [0.4, 0.5) is 0 Å². The summed E-state index contributed by atoms with van der Waals surface area (Å²) in [6.07, 6.45) is 9.67. The Morgan fingerprint density at radius 1 is 1.20 bits per heavy atom. The molecule has 0 spiro atoms. The Balaban J connectivity index is 1.58. The first-order valence-electron chi connectivity index (χ1n) is 8.19. The lowest BCUT2D eigenvalue weighted by Crippen LogP contribution is -2.47. The summed E-state index contributed by atoms with van der Waals surface area (Å²) in [5.41, 5.74) is -0.0269. The number of carbonyl (C=O) groups is 2. The lowest BCUT2D eigenvalue weighted by atomic mass is 9.98. The van der Waals surface area contributed by atoms with Crippen molar-refractivity contribution in [3.8, 4) is 0 Å². The van der Waals surface area contributed by atoms with E-state index in [1.54, 1.807) is 0 Å². The van der Waals surface area contributed by atoms with Gasteiger partial charge in [0.2, 0.25) is 11.8 Å². The molecule has 1 heterocycles. The summed E-state index contributed by atoms with van der Waals surface area (Å²) in [6, 6.07) is 0.405. The summed E-state index contributed by atoms with van der Waals surface area (Å²) in [5.74, 6) is 0.164. The van der Waals surface area contributed by atoms with Crippen molar-refractivity contribution < 1.29 is 9.59 Å². The van der Waals surface area contributed by atoms with Crippen LogP contribution in [0.2, 0.25) is 0 Å². The van der Waals surface area contributed by atoms with Crippen LogP contribution in [0, 0.1) is 5.92 Å². The first kappa shape index (κ1) is 13.9. The minimum Gasteiger partial charge on any atom is -0.351 e. The highest BCUT2D eigenvalue weighted by molar-refractivity contribution is 5.89. The monoisotopic (exact) mass is 278 g/mol. The first-order chi connectivity index (χ1) is 9.57. The first-order valence-corrected chi connectivity index (χ1v) is 8.19. The maximum absolute atomic E-state index is 12.4. The summed E-state index contributed by atoms with van der Waals surface area (Å²) in [5, 5.41) is 3.21. The van der Waals surface area contributed by atoms with Gasteiger partial charge in [-0.25, -0.2) is 0 Å². The van der Waals surface area contributed by atoms with Crippen LogP contribution in [0.25, 0.3) is 0 Å². The van der Waals surface area contributed by atoms with Gasteiger partial charge >= 0.3 is 0 Å². The molecule has 1 atom stereocenters. The van der Waals surface area contributed by atoms with E-state index in [9.17, 15) is 9.59 Å². The number of amides is 2. The van der Waals surface area contributed by atoms with Crippen molar-refractivity contribution in [2.45, 2.75) is 76.3 Å². The van der Waals surface area contributed by atoms with E-state index in [0.717, 1.165) is 25.7 Å². The largest absolute Gasteiger partial charge is 0.351 e. The third kappa shape index (κ3) is 2.70. The maximum atomic E-state index is 12.4. The second-order valence-electron chi connectivity index (χ2n) is 7.14. The van der Waals surface area contributed by atoms with Gasteiger partial charge in [-0.2, -0.15) is 0 Å². The van der Waals surface area contributed by atoms with Crippen molar-refractivity contribution >= 4 is 11.8 Å². The zero-order chi connectivity index (χ0) is 14.2. The van der Waals surface area contributed by atoms with Crippen LogP contribution in [0.5, 0.6) is 0 Å². The van der Waals surface area contributed by atoms with Gasteiger partial charge in [-0.3, -0.25) is 9.59 Å². The number of likely N-dealkylation sites (tertiary alicyclic amines) is 1. The van der Waals surface area contributed by atoms with E-state index in [4.69, 9.17) is 0 Å². The molecule has 4 nitrogen and oxygen atoms in total. The van der Waals surface area contributed by atoms with Gasteiger partial charge in [-0.05, 0) is 32.6 Å². The van der Waals surface area contributed by atoms with Crippen LogP contribution in [0.3, 0.4) is 0 Å². The molecule has 0 bridgehead atoms. The predicted molar refractivity (Wildman–Crippen MR) is 77.1 cm³/mol. The molecular formula is C16H26N2O2. The molecule has 0 aromatic rings. The van der Waals surface area contributed by atoms with E-state index in [0.29, 0.717) is 19.0 Å². The van der Waals surface area contributed by atoms with E-state index in [2.05, 4.69) is 12.2 Å². The average molecular weight is 278 g/mol. The second kappa shape index (κ2) is 5.38. The Hall–Kier alpha value is -1.06. The molecule has 0 aromatic heterocycles. The third-order valence-electron chi connectivity index (χ3n) is 5.43. The van der Waals surface area contributed by atoms with Crippen LogP contribution in [-0.4, -0.2) is 34.8 Å². The molecule has 0 aromatic carbocycles. The topological polar surface area (TPSA) is 49.4 Å². The number of hydrogen-bond donors (Lipinski definition) is 1. The second-order valence-corrected chi connectivity index (χ2v) is 7.14. The summed E-state index contributed by atoms with van der Waals surface area (Å²) in [4.78, 5) is 26.5. The van der Waals surface area contributed by atoms with Gasteiger partial charge in [0.05, 0.1) is 5.92 Å². The quantitative estimate of drug-likeness (QED) is 0.860. The summed E-state index contributed by atoms with van der Waals surface area (Å²) in [7, 11) is 0. The standard InChI is InChI=1S/C16H26N2O2/c1-16(8-4-5-9-16)17-15(20)12-10-14(19)18(11-12)13-6-2-3-7-13/h12-13H,2-11H2,1H3,(H,17,20). The molecule has 1 N–H and O–H groups in total. The van der Waals surface area contributed by atoms with Crippen LogP contribution < -0.4 is 5.32 Å². The predicted octanol–water partition coefficient (Wildman–Crippen LogP) is 2.23. The molecule has 2 amide bonds. The molecule has 112 valence electrons. The van der Waals surface area contributed by atoms with Crippen molar-refractivity contribution in [2.75, 3.05) is 6.54 Å². The highest BCUT2D eigenvalue weighted by Gasteiger charge is 2.40. The molecule has 2 aliphatic carbocycles. The minimum atomic E-state index is -0.125. The zero-order valence-corrected chi connectivity index (χ0v) is 12.5. The smallest absolute Gasteiger partial charge is 0.225 e. The third-order valence-corrected chi connectivity index (χ3v) is 5.43. The fourth-order valence-electron chi connectivity index (χ4n) is 4.16. The lowest BCUT2D eigenvalue weighted by Gasteiger charge is -2.27. The molecule has 0 radical (unpaired) electrons. The van der Waals surface area contributed by atoms with Crippen LogP contribution in [0.15, 0.2) is 0 Å². The van der Waals surface area contributed by atoms with Crippen molar-refractivity contribution in [3.05, 3.63) is 0 Å². The Labute approximate surface area is 121 Å². The molecule has 3 aliphatic rings. The molecule has 3 fully saturated rings. The number of carbonyl (C=O) groups excluding carboxylic acids is 2. The summed E-state index contributed by atoms with van der Waals surface area (Å²) < 4.78 is 0. The Bertz CT molecular complexity index is 395. The van der Waals surface area contributed by atoms with Crippen LogP contribution in [-0.2, 0) is 9.59 Å². The van der Waals surface area contributed by atoms with E-state index >= 15 is 0 Å². The molecule has 1 aliphatic heterocycles. The highest BCUT2D eigenvalue weighted by Crippen LogP contribution is 2.32. The SMILES string of the molecule is CC1(NC(=O)C2CC(=O)N(C3CCCC3)C2)CCCC1. The lowest BCUT2D eigenvalue weighted by molar-refractivity contribution is -0.130. The van der Waals surface area contributed by atoms with Crippen molar-refractivity contribution in [1.82, 2.24) is 10.2 Å². The Kier molecular flexibility index (Phi) is 3.74.